The van der Waals surface area contributed by atoms with E-state index in [2.05, 4.69) is 26.0 Å². The fourth-order valence-corrected chi connectivity index (χ4v) is 2.33. The van der Waals surface area contributed by atoms with Gasteiger partial charge in [-0.05, 0) is 31.7 Å². The zero-order valence-electron chi connectivity index (χ0n) is 14.4. The second-order valence-corrected chi connectivity index (χ2v) is 5.56. The highest BCUT2D eigenvalue weighted by molar-refractivity contribution is 14.0. The lowest BCUT2D eigenvalue weighted by molar-refractivity contribution is 0.146. The predicted molar refractivity (Wildman–Crippen MR) is 103 cm³/mol. The Kier molecular flexibility index (Phi) is 8.87. The van der Waals surface area contributed by atoms with Crippen molar-refractivity contribution < 1.29 is 9.53 Å². The highest BCUT2D eigenvalue weighted by Gasteiger charge is 2.32. The van der Waals surface area contributed by atoms with Crippen molar-refractivity contribution in [2.45, 2.75) is 32.4 Å². The van der Waals surface area contributed by atoms with Gasteiger partial charge in [-0.2, -0.15) is 5.10 Å². The Morgan fingerprint density at radius 3 is 2.79 bits per heavy atom. The molecule has 3 N–H and O–H groups in total. The fourth-order valence-electron chi connectivity index (χ4n) is 2.33. The SMILES string of the molecule is CCOC(=O)NC(CNC(=NC)NCc1ccnn1C)C1CC1.I. The maximum atomic E-state index is 11.6. The molecule has 136 valence electrons. The van der Waals surface area contributed by atoms with Crippen LogP contribution >= 0.6 is 24.0 Å². The van der Waals surface area contributed by atoms with Gasteiger partial charge in [0.25, 0.3) is 0 Å². The predicted octanol–water partition coefficient (Wildman–Crippen LogP) is 1.23. The summed E-state index contributed by atoms with van der Waals surface area (Å²) >= 11 is 0. The molecule has 1 aromatic heterocycles. The van der Waals surface area contributed by atoms with Gasteiger partial charge in [0.2, 0.25) is 0 Å². The van der Waals surface area contributed by atoms with E-state index in [1.807, 2.05) is 17.8 Å². The summed E-state index contributed by atoms with van der Waals surface area (Å²) in [6, 6.07) is 2.01. The number of rotatable bonds is 7. The van der Waals surface area contributed by atoms with Crippen LogP contribution in [0.1, 0.15) is 25.5 Å². The number of nitrogens with zero attached hydrogens (tertiary/aromatic N) is 3. The minimum Gasteiger partial charge on any atom is -0.450 e. The number of aliphatic imine (C=N–C) groups is 1. The summed E-state index contributed by atoms with van der Waals surface area (Å²) < 4.78 is 6.77. The van der Waals surface area contributed by atoms with Gasteiger partial charge in [-0.3, -0.25) is 9.67 Å². The topological polar surface area (TPSA) is 92.6 Å². The summed E-state index contributed by atoms with van der Waals surface area (Å²) in [5, 5.41) is 13.5. The zero-order chi connectivity index (χ0) is 16.7. The van der Waals surface area contributed by atoms with Crippen LogP contribution in [0.2, 0.25) is 0 Å². The van der Waals surface area contributed by atoms with Gasteiger partial charge >= 0.3 is 6.09 Å². The first kappa shape index (κ1) is 20.5. The van der Waals surface area contributed by atoms with Gasteiger partial charge < -0.3 is 20.7 Å². The van der Waals surface area contributed by atoms with Crippen molar-refractivity contribution >= 4 is 36.0 Å². The first-order valence-corrected chi connectivity index (χ1v) is 7.98. The van der Waals surface area contributed by atoms with Gasteiger partial charge in [0, 0.05) is 26.8 Å². The van der Waals surface area contributed by atoms with Gasteiger partial charge in [-0.1, -0.05) is 0 Å². The number of aromatic nitrogens is 2. The van der Waals surface area contributed by atoms with E-state index in [1.54, 1.807) is 20.2 Å². The summed E-state index contributed by atoms with van der Waals surface area (Å²) in [5.41, 5.74) is 1.07. The molecule has 0 spiro atoms. The molecule has 0 aliphatic heterocycles. The molecule has 1 aliphatic carbocycles. The molecule has 0 bridgehead atoms. The third-order valence-corrected chi connectivity index (χ3v) is 3.84. The molecule has 1 fully saturated rings. The average molecular weight is 450 g/mol. The Labute approximate surface area is 159 Å². The van der Waals surface area contributed by atoms with Crippen molar-refractivity contribution in [3.8, 4) is 0 Å². The van der Waals surface area contributed by atoms with E-state index < -0.39 is 0 Å². The van der Waals surface area contributed by atoms with Crippen molar-refractivity contribution in [2.75, 3.05) is 20.2 Å². The average Bonchev–Trinajstić information content (AvgIpc) is 3.30. The van der Waals surface area contributed by atoms with Crippen LogP contribution in [0, 0.1) is 5.92 Å². The van der Waals surface area contributed by atoms with E-state index in [4.69, 9.17) is 4.74 Å². The smallest absolute Gasteiger partial charge is 0.407 e. The van der Waals surface area contributed by atoms with Crippen molar-refractivity contribution in [3.63, 3.8) is 0 Å². The number of aryl methyl sites for hydroxylation is 1. The van der Waals surface area contributed by atoms with Crippen LogP contribution < -0.4 is 16.0 Å². The largest absolute Gasteiger partial charge is 0.450 e. The molecular formula is C15H27IN6O2. The van der Waals surface area contributed by atoms with E-state index in [0.717, 1.165) is 18.5 Å². The normalized spacial score (nSPS) is 15.2. The van der Waals surface area contributed by atoms with E-state index in [-0.39, 0.29) is 36.1 Å². The number of alkyl carbamates (subject to hydrolysis) is 1. The van der Waals surface area contributed by atoms with Gasteiger partial charge in [0.05, 0.1) is 24.9 Å². The minimum absolute atomic E-state index is 0. The molecule has 24 heavy (non-hydrogen) atoms. The van der Waals surface area contributed by atoms with Crippen LogP contribution in [0.15, 0.2) is 17.3 Å². The van der Waals surface area contributed by atoms with E-state index >= 15 is 0 Å². The van der Waals surface area contributed by atoms with Crippen LogP contribution in [-0.4, -0.2) is 48.1 Å². The monoisotopic (exact) mass is 450 g/mol. The molecule has 1 heterocycles. The van der Waals surface area contributed by atoms with E-state index in [0.29, 0.717) is 31.6 Å². The van der Waals surface area contributed by atoms with Crippen LogP contribution in [-0.2, 0) is 18.3 Å². The number of hydrogen-bond donors (Lipinski definition) is 3. The lowest BCUT2D eigenvalue weighted by atomic mass is 10.2. The number of carbonyl (C=O) groups is 1. The highest BCUT2D eigenvalue weighted by atomic mass is 127. The van der Waals surface area contributed by atoms with Gasteiger partial charge in [0.15, 0.2) is 5.96 Å². The number of guanidine groups is 1. The number of carbonyl (C=O) groups excluding carboxylic acids is 1. The molecule has 0 radical (unpaired) electrons. The maximum absolute atomic E-state index is 11.6. The minimum atomic E-state index is -0.357. The summed E-state index contributed by atoms with van der Waals surface area (Å²) in [6.45, 7) is 3.43. The molecule has 1 atom stereocenters. The molecule has 0 saturated heterocycles. The van der Waals surface area contributed by atoms with E-state index in [9.17, 15) is 4.79 Å². The van der Waals surface area contributed by atoms with Crippen molar-refractivity contribution in [1.29, 1.82) is 0 Å². The van der Waals surface area contributed by atoms with Gasteiger partial charge in [0.1, 0.15) is 0 Å². The Morgan fingerprint density at radius 1 is 1.50 bits per heavy atom. The molecule has 1 aromatic rings. The van der Waals surface area contributed by atoms with Crippen LogP contribution in [0.5, 0.6) is 0 Å². The lowest BCUT2D eigenvalue weighted by Gasteiger charge is -2.20. The van der Waals surface area contributed by atoms with Crippen LogP contribution in [0.3, 0.4) is 0 Å². The molecule has 1 aliphatic rings. The van der Waals surface area contributed by atoms with Crippen LogP contribution in [0.25, 0.3) is 0 Å². The lowest BCUT2D eigenvalue weighted by Crippen LogP contribution is -2.48. The second-order valence-electron chi connectivity index (χ2n) is 5.56. The number of hydrogen-bond acceptors (Lipinski definition) is 4. The standard InChI is InChI=1S/C15H26N6O2.HI/c1-4-23-15(22)20-13(11-5-6-11)10-18-14(16-2)17-9-12-7-8-19-21(12)3;/h7-8,11,13H,4-6,9-10H2,1-3H3,(H,20,22)(H2,16,17,18);1H. The Bertz CT molecular complexity index is 544. The Morgan fingerprint density at radius 2 is 2.25 bits per heavy atom. The summed E-state index contributed by atoms with van der Waals surface area (Å²) in [4.78, 5) is 15.8. The molecule has 0 aromatic carbocycles. The maximum Gasteiger partial charge on any atom is 0.407 e. The van der Waals surface area contributed by atoms with Crippen molar-refractivity contribution in [3.05, 3.63) is 18.0 Å². The Balaban J connectivity index is 0.00000288. The third-order valence-electron chi connectivity index (χ3n) is 3.84. The first-order valence-electron chi connectivity index (χ1n) is 7.98. The van der Waals surface area contributed by atoms with Crippen molar-refractivity contribution in [2.24, 2.45) is 18.0 Å². The van der Waals surface area contributed by atoms with Crippen molar-refractivity contribution in [1.82, 2.24) is 25.7 Å². The molecule has 1 amide bonds. The highest BCUT2D eigenvalue weighted by Crippen LogP contribution is 2.32. The number of ether oxygens (including phenoxy) is 1. The quantitative estimate of drug-likeness (QED) is 0.330. The molecule has 1 saturated carbocycles. The first-order chi connectivity index (χ1) is 11.1. The Hall–Kier alpha value is -1.52. The zero-order valence-corrected chi connectivity index (χ0v) is 16.7. The summed E-state index contributed by atoms with van der Waals surface area (Å²) in [5.74, 6) is 1.21. The number of nitrogens with one attached hydrogen (secondary N) is 3. The van der Waals surface area contributed by atoms with E-state index in [1.165, 1.54) is 0 Å². The molecular weight excluding hydrogens is 423 g/mol. The van der Waals surface area contributed by atoms with Crippen LogP contribution in [0.4, 0.5) is 4.79 Å². The number of amides is 1. The molecule has 2 rings (SSSR count). The molecule has 1 unspecified atom stereocenters. The third kappa shape index (κ3) is 6.54. The molecule has 8 nitrogen and oxygen atoms in total. The fraction of sp³-hybridized carbons (Fsp3) is 0.667. The number of halogens is 1. The van der Waals surface area contributed by atoms with Gasteiger partial charge in [-0.15, -0.1) is 24.0 Å². The van der Waals surface area contributed by atoms with Gasteiger partial charge in [-0.25, -0.2) is 4.79 Å². The molecule has 9 heteroatoms. The summed E-state index contributed by atoms with van der Waals surface area (Å²) in [7, 11) is 3.63. The second kappa shape index (κ2) is 10.4. The summed E-state index contributed by atoms with van der Waals surface area (Å²) in [6.07, 6.45) is 3.68.